The van der Waals surface area contributed by atoms with Gasteiger partial charge in [-0.05, 0) is 18.1 Å². The highest BCUT2D eigenvalue weighted by Crippen LogP contribution is 2.36. The Kier molecular flexibility index (Phi) is 5.40. The van der Waals surface area contributed by atoms with Crippen LogP contribution in [0.2, 0.25) is 5.02 Å². The van der Waals surface area contributed by atoms with Crippen LogP contribution in [0.3, 0.4) is 0 Å². The van der Waals surface area contributed by atoms with Crippen molar-refractivity contribution in [1.29, 1.82) is 0 Å². The highest BCUT2D eigenvalue weighted by atomic mass is 35.5. The van der Waals surface area contributed by atoms with Gasteiger partial charge in [-0.3, -0.25) is 0 Å². The molecule has 0 radical (unpaired) electrons. The summed E-state index contributed by atoms with van der Waals surface area (Å²) in [6.07, 6.45) is -5.26. The summed E-state index contributed by atoms with van der Waals surface area (Å²) < 4.78 is 51.9. The van der Waals surface area contributed by atoms with E-state index >= 15 is 0 Å². The predicted molar refractivity (Wildman–Crippen MR) is 68.8 cm³/mol. The molecule has 2 nitrogen and oxygen atoms in total. The first-order valence-corrected chi connectivity index (χ1v) is 6.47. The summed E-state index contributed by atoms with van der Waals surface area (Å²) in [5.41, 5.74) is 4.16. The first-order chi connectivity index (χ1) is 9.09. The molecule has 1 aromatic carbocycles. The van der Waals surface area contributed by atoms with Gasteiger partial charge in [0.05, 0.1) is 22.7 Å². The first-order valence-electron chi connectivity index (χ1n) is 6.09. The third-order valence-electron chi connectivity index (χ3n) is 3.34. The van der Waals surface area contributed by atoms with Crippen LogP contribution in [0.25, 0.3) is 0 Å². The Balaban J connectivity index is 3.26. The Hall–Kier alpha value is -0.850. The van der Waals surface area contributed by atoms with Gasteiger partial charge in [0.2, 0.25) is 0 Å². The number of hydrogen-bond acceptors (Lipinski definition) is 2. The molecule has 1 unspecified atom stereocenters. The number of nitrogens with two attached hydrogens (primary N) is 1. The third-order valence-corrected chi connectivity index (χ3v) is 3.61. The van der Waals surface area contributed by atoms with Crippen molar-refractivity contribution >= 4 is 11.6 Å². The summed E-state index contributed by atoms with van der Waals surface area (Å²) in [4.78, 5) is 0. The van der Waals surface area contributed by atoms with E-state index in [1.165, 1.54) is 0 Å². The van der Waals surface area contributed by atoms with Crippen molar-refractivity contribution in [2.24, 2.45) is 11.7 Å². The molecule has 114 valence electrons. The summed E-state index contributed by atoms with van der Waals surface area (Å²) in [7, 11) is 0. The van der Waals surface area contributed by atoms with Crippen molar-refractivity contribution in [3.05, 3.63) is 34.1 Å². The zero-order valence-electron chi connectivity index (χ0n) is 11.0. The van der Waals surface area contributed by atoms with Gasteiger partial charge in [0.15, 0.2) is 0 Å². The zero-order valence-corrected chi connectivity index (χ0v) is 11.8. The van der Waals surface area contributed by atoms with Crippen LogP contribution in [0.5, 0.6) is 0 Å². The number of rotatable bonds is 4. The van der Waals surface area contributed by atoms with Crippen LogP contribution in [0.1, 0.15) is 37.4 Å². The van der Waals surface area contributed by atoms with Crippen LogP contribution in [0.4, 0.5) is 17.6 Å². The van der Waals surface area contributed by atoms with E-state index in [4.69, 9.17) is 17.3 Å². The molecule has 1 rings (SSSR count). The largest absolute Gasteiger partial charge is 0.416 e. The fraction of sp³-hybridized carbons (Fsp3) is 0.538. The molecule has 0 fully saturated rings. The quantitative estimate of drug-likeness (QED) is 0.828. The molecule has 0 spiro atoms. The molecule has 0 saturated carbocycles. The van der Waals surface area contributed by atoms with Crippen LogP contribution in [-0.2, 0) is 6.18 Å². The lowest BCUT2D eigenvalue weighted by Gasteiger charge is -2.25. The van der Waals surface area contributed by atoms with Gasteiger partial charge in [-0.25, -0.2) is 4.39 Å². The summed E-state index contributed by atoms with van der Waals surface area (Å²) in [6, 6.07) is -0.176. The van der Waals surface area contributed by atoms with Gasteiger partial charge in [-0.15, -0.1) is 0 Å². The Labute approximate surface area is 119 Å². The molecule has 3 N–H and O–H groups in total. The van der Waals surface area contributed by atoms with Crippen LogP contribution < -0.4 is 5.73 Å². The molecule has 0 saturated heterocycles. The second kappa shape index (κ2) is 6.28. The number of alkyl halides is 3. The lowest BCUT2D eigenvalue weighted by atomic mass is 9.90. The van der Waals surface area contributed by atoms with E-state index in [1.807, 2.05) is 0 Å². The number of benzene rings is 1. The van der Waals surface area contributed by atoms with Crippen LogP contribution >= 0.6 is 11.6 Å². The average Bonchev–Trinajstić information content (AvgIpc) is 2.37. The van der Waals surface area contributed by atoms with E-state index in [0.717, 1.165) is 0 Å². The Morgan fingerprint density at radius 1 is 1.35 bits per heavy atom. The molecule has 0 amide bonds. The van der Waals surface area contributed by atoms with Crippen LogP contribution in [-0.4, -0.2) is 11.2 Å². The molecule has 0 aromatic heterocycles. The molecular formula is C13H16ClF4NO. The number of hydrogen-bond donors (Lipinski definition) is 2. The number of aliphatic hydroxyl groups is 1. The molecule has 0 heterocycles. The molecular weight excluding hydrogens is 298 g/mol. The first kappa shape index (κ1) is 17.2. The average molecular weight is 314 g/mol. The van der Waals surface area contributed by atoms with Gasteiger partial charge >= 0.3 is 6.18 Å². The Morgan fingerprint density at radius 2 is 1.90 bits per heavy atom. The van der Waals surface area contributed by atoms with E-state index in [9.17, 15) is 22.7 Å². The van der Waals surface area contributed by atoms with Gasteiger partial charge < -0.3 is 10.8 Å². The van der Waals surface area contributed by atoms with Gasteiger partial charge in [0.1, 0.15) is 5.82 Å². The maximum absolute atomic E-state index is 13.9. The monoisotopic (exact) mass is 313 g/mol. The normalized spacial score (nSPS) is 16.9. The Bertz CT molecular complexity index is 478. The van der Waals surface area contributed by atoms with Crippen molar-refractivity contribution in [2.45, 2.75) is 38.6 Å². The van der Waals surface area contributed by atoms with Gasteiger partial charge in [-0.1, -0.05) is 31.9 Å². The van der Waals surface area contributed by atoms with Crippen molar-refractivity contribution in [3.8, 4) is 0 Å². The van der Waals surface area contributed by atoms with Crippen LogP contribution in [0, 0.1) is 11.7 Å². The van der Waals surface area contributed by atoms with Crippen molar-refractivity contribution in [3.63, 3.8) is 0 Å². The lowest BCUT2D eigenvalue weighted by molar-refractivity contribution is -0.137. The molecule has 0 bridgehead atoms. The molecule has 7 heteroatoms. The fourth-order valence-electron chi connectivity index (χ4n) is 1.80. The lowest BCUT2D eigenvalue weighted by Crippen LogP contribution is -2.32. The summed E-state index contributed by atoms with van der Waals surface area (Å²) in [5, 5.41) is 9.27. The fourth-order valence-corrected chi connectivity index (χ4v) is 2.02. The zero-order chi connectivity index (χ0) is 15.7. The van der Waals surface area contributed by atoms with E-state index in [0.29, 0.717) is 18.6 Å². The number of aliphatic hydroxyl groups excluding tert-OH is 1. The van der Waals surface area contributed by atoms with E-state index in [-0.39, 0.29) is 5.92 Å². The van der Waals surface area contributed by atoms with Gasteiger partial charge in [0, 0.05) is 5.56 Å². The highest BCUT2D eigenvalue weighted by Gasteiger charge is 2.34. The second-order valence-corrected chi connectivity index (χ2v) is 5.17. The minimum Gasteiger partial charge on any atom is -0.391 e. The summed E-state index contributed by atoms with van der Waals surface area (Å²) >= 11 is 5.48. The van der Waals surface area contributed by atoms with Gasteiger partial charge in [-0.2, -0.15) is 13.2 Å². The van der Waals surface area contributed by atoms with Crippen molar-refractivity contribution in [2.75, 3.05) is 0 Å². The second-order valence-electron chi connectivity index (χ2n) is 4.76. The predicted octanol–water partition coefficient (Wildman–Crippen LogP) is 3.90. The minimum absolute atomic E-state index is 0.280. The minimum atomic E-state index is -4.66. The Morgan fingerprint density at radius 3 is 2.35 bits per heavy atom. The third kappa shape index (κ3) is 3.62. The summed E-state index contributed by atoms with van der Waals surface area (Å²) in [6.45, 7) is 3.47. The number of halogens is 5. The van der Waals surface area contributed by atoms with E-state index in [2.05, 4.69) is 0 Å². The smallest absolute Gasteiger partial charge is 0.391 e. The van der Waals surface area contributed by atoms with Crippen LogP contribution in [0.15, 0.2) is 12.1 Å². The molecule has 1 aromatic rings. The molecule has 3 atom stereocenters. The maximum atomic E-state index is 13.9. The van der Waals surface area contributed by atoms with Crippen molar-refractivity contribution in [1.82, 2.24) is 0 Å². The van der Waals surface area contributed by atoms with Gasteiger partial charge in [0.25, 0.3) is 0 Å². The van der Waals surface area contributed by atoms with E-state index in [1.54, 1.807) is 13.8 Å². The highest BCUT2D eigenvalue weighted by molar-refractivity contribution is 6.30. The summed E-state index contributed by atoms with van der Waals surface area (Å²) in [5.74, 6) is -1.31. The van der Waals surface area contributed by atoms with Crippen molar-refractivity contribution < 1.29 is 22.7 Å². The SMILES string of the molecule is CCC(C)[C@H](O)[C@H](N)c1cc(C(F)(F)F)cc(Cl)c1F. The standard InChI is InChI=1S/C13H16ClF4NO/c1-3-6(2)12(20)11(19)8-4-7(13(16,17)18)5-9(14)10(8)15/h4-6,11-12,20H,3,19H2,1-2H3/t6?,11-,12+/m1/s1. The molecule has 20 heavy (non-hydrogen) atoms. The molecule has 0 aliphatic carbocycles. The van der Waals surface area contributed by atoms with E-state index < -0.39 is 40.3 Å². The molecule has 0 aliphatic rings. The topological polar surface area (TPSA) is 46.2 Å². The molecule has 0 aliphatic heterocycles. The maximum Gasteiger partial charge on any atom is 0.416 e.